The predicted octanol–water partition coefficient (Wildman–Crippen LogP) is 3.06. The molecule has 3 aromatic heterocycles. The van der Waals surface area contributed by atoms with Crippen LogP contribution >= 0.6 is 0 Å². The Morgan fingerprint density at radius 3 is 2.55 bits per heavy atom. The summed E-state index contributed by atoms with van der Waals surface area (Å²) in [7, 11) is -1.80. The van der Waals surface area contributed by atoms with E-state index in [1.807, 2.05) is 0 Å². The number of nitrogens with one attached hydrogen (secondary N) is 1. The lowest BCUT2D eigenvalue weighted by Gasteiger charge is -2.03. The van der Waals surface area contributed by atoms with Crippen molar-refractivity contribution in [1.29, 1.82) is 0 Å². The molecule has 0 atom stereocenters. The maximum Gasteiger partial charge on any atom is 0.302 e. The van der Waals surface area contributed by atoms with Gasteiger partial charge in [-0.15, -0.1) is 0 Å². The number of carbonyl (C=O) groups is 1. The van der Waals surface area contributed by atoms with E-state index < -0.39 is 15.7 Å². The van der Waals surface area contributed by atoms with Crippen LogP contribution < -0.4 is 10.1 Å². The van der Waals surface area contributed by atoms with E-state index in [4.69, 9.17) is 13.6 Å². The Kier molecular flexibility index (Phi) is 5.26. The van der Waals surface area contributed by atoms with Crippen LogP contribution in [0.25, 0.3) is 22.6 Å². The van der Waals surface area contributed by atoms with E-state index in [-0.39, 0.29) is 22.4 Å². The van der Waals surface area contributed by atoms with Crippen molar-refractivity contribution in [3.8, 4) is 28.4 Å². The number of rotatable bonds is 6. The van der Waals surface area contributed by atoms with Gasteiger partial charge in [0.15, 0.2) is 16.2 Å². The standard InChI is InChI=1S/C20H16N4O6S/c1-28-13-7-8-21-15(9-13)16-10-29-20(23-16)24-19(25)18-17(22-11-30-18)12-3-5-14(6-4-12)31(2,26)27/h3-11H,1-2H3,(H,23,24,25). The van der Waals surface area contributed by atoms with Crippen molar-refractivity contribution < 1.29 is 26.8 Å². The predicted molar refractivity (Wildman–Crippen MR) is 109 cm³/mol. The lowest BCUT2D eigenvalue weighted by molar-refractivity contribution is 0.0994. The van der Waals surface area contributed by atoms with E-state index in [0.717, 1.165) is 12.6 Å². The molecule has 1 aromatic carbocycles. The van der Waals surface area contributed by atoms with Crippen LogP contribution in [0.1, 0.15) is 10.6 Å². The molecular weight excluding hydrogens is 424 g/mol. The first-order valence-corrected chi connectivity index (χ1v) is 10.8. The molecule has 0 fully saturated rings. The number of pyridine rings is 1. The van der Waals surface area contributed by atoms with Gasteiger partial charge in [-0.1, -0.05) is 12.1 Å². The van der Waals surface area contributed by atoms with Crippen molar-refractivity contribution in [2.45, 2.75) is 4.90 Å². The zero-order chi connectivity index (χ0) is 22.0. The molecule has 0 saturated heterocycles. The lowest BCUT2D eigenvalue weighted by Crippen LogP contribution is -2.12. The first kappa shape index (κ1) is 20.3. The third-order valence-corrected chi connectivity index (χ3v) is 5.41. The van der Waals surface area contributed by atoms with Gasteiger partial charge in [0.1, 0.15) is 23.4 Å². The van der Waals surface area contributed by atoms with Crippen LogP contribution in [0.2, 0.25) is 0 Å². The Bertz CT molecular complexity index is 1340. The van der Waals surface area contributed by atoms with Gasteiger partial charge in [-0.25, -0.2) is 13.4 Å². The number of nitrogens with zero attached hydrogens (tertiary/aromatic N) is 3. The van der Waals surface area contributed by atoms with Gasteiger partial charge >= 0.3 is 6.01 Å². The summed E-state index contributed by atoms with van der Waals surface area (Å²) in [5, 5.41) is 2.50. The van der Waals surface area contributed by atoms with E-state index in [0.29, 0.717) is 22.7 Å². The molecule has 1 amide bonds. The van der Waals surface area contributed by atoms with Crippen molar-refractivity contribution in [2.24, 2.45) is 0 Å². The van der Waals surface area contributed by atoms with E-state index >= 15 is 0 Å². The van der Waals surface area contributed by atoms with E-state index in [9.17, 15) is 13.2 Å². The monoisotopic (exact) mass is 440 g/mol. The Labute approximate surface area is 176 Å². The average molecular weight is 440 g/mol. The first-order chi connectivity index (χ1) is 14.8. The highest BCUT2D eigenvalue weighted by atomic mass is 32.2. The number of anilines is 1. The summed E-state index contributed by atoms with van der Waals surface area (Å²) in [6.45, 7) is 0. The molecule has 0 bridgehead atoms. The van der Waals surface area contributed by atoms with Gasteiger partial charge in [-0.3, -0.25) is 15.1 Å². The molecule has 0 aliphatic heterocycles. The van der Waals surface area contributed by atoms with Crippen LogP contribution in [0.3, 0.4) is 0 Å². The number of amides is 1. The highest BCUT2D eigenvalue weighted by molar-refractivity contribution is 7.90. The number of sulfone groups is 1. The molecule has 158 valence electrons. The molecule has 0 spiro atoms. The summed E-state index contributed by atoms with van der Waals surface area (Å²) in [6, 6.07) is 9.27. The smallest absolute Gasteiger partial charge is 0.302 e. The fourth-order valence-corrected chi connectivity index (χ4v) is 3.38. The molecule has 0 unspecified atom stereocenters. The molecule has 31 heavy (non-hydrogen) atoms. The fraction of sp³-hybridized carbons (Fsp3) is 0.100. The molecular formula is C20H16N4O6S. The third-order valence-electron chi connectivity index (χ3n) is 4.28. The van der Waals surface area contributed by atoms with Crippen LogP contribution in [0, 0.1) is 0 Å². The molecule has 1 N–H and O–H groups in total. The maximum absolute atomic E-state index is 12.7. The molecule has 0 radical (unpaired) electrons. The zero-order valence-corrected chi connectivity index (χ0v) is 17.2. The Morgan fingerprint density at radius 1 is 1.06 bits per heavy atom. The number of aromatic nitrogens is 3. The number of benzene rings is 1. The maximum atomic E-state index is 12.7. The summed E-state index contributed by atoms with van der Waals surface area (Å²) < 4.78 is 38.9. The Morgan fingerprint density at radius 2 is 1.84 bits per heavy atom. The van der Waals surface area contributed by atoms with Crippen molar-refractivity contribution in [3.63, 3.8) is 0 Å². The van der Waals surface area contributed by atoms with Gasteiger partial charge in [0.25, 0.3) is 5.91 Å². The molecule has 10 nitrogen and oxygen atoms in total. The lowest BCUT2D eigenvalue weighted by atomic mass is 10.1. The number of oxazole rings is 2. The highest BCUT2D eigenvalue weighted by Crippen LogP contribution is 2.26. The quantitative estimate of drug-likeness (QED) is 0.479. The normalized spacial score (nSPS) is 11.3. The van der Waals surface area contributed by atoms with Crippen LogP contribution in [0.4, 0.5) is 6.01 Å². The summed E-state index contributed by atoms with van der Waals surface area (Å²) >= 11 is 0. The minimum absolute atomic E-state index is 0.0561. The number of hydrogen-bond donors (Lipinski definition) is 1. The first-order valence-electron chi connectivity index (χ1n) is 8.86. The molecule has 4 rings (SSSR count). The SMILES string of the molecule is COc1ccnc(-c2coc(NC(=O)c3ocnc3-c3ccc(S(C)(=O)=O)cc3)n2)c1. The molecule has 3 heterocycles. The van der Waals surface area contributed by atoms with Gasteiger partial charge in [-0.05, 0) is 18.2 Å². The summed E-state index contributed by atoms with van der Waals surface area (Å²) in [5.74, 6) is -0.107. The van der Waals surface area contributed by atoms with Gasteiger partial charge in [0.05, 0.1) is 17.7 Å². The van der Waals surface area contributed by atoms with E-state index in [2.05, 4.69) is 20.3 Å². The number of methoxy groups -OCH3 is 1. The van der Waals surface area contributed by atoms with Crippen LogP contribution in [0.15, 0.2) is 69.0 Å². The summed E-state index contributed by atoms with van der Waals surface area (Å²) in [4.78, 5) is 25.3. The second kappa shape index (κ2) is 8.03. The van der Waals surface area contributed by atoms with E-state index in [1.165, 1.54) is 25.5 Å². The minimum Gasteiger partial charge on any atom is -0.497 e. The number of hydrogen-bond acceptors (Lipinski definition) is 9. The van der Waals surface area contributed by atoms with Gasteiger partial charge < -0.3 is 13.6 Å². The van der Waals surface area contributed by atoms with Gasteiger partial charge in [0.2, 0.25) is 5.76 Å². The topological polar surface area (TPSA) is 137 Å². The van der Waals surface area contributed by atoms with Crippen LogP contribution in [-0.4, -0.2) is 42.6 Å². The average Bonchev–Trinajstić information content (AvgIpc) is 3.43. The summed E-state index contributed by atoms with van der Waals surface area (Å²) in [6.07, 6.45) is 5.15. The fourth-order valence-electron chi connectivity index (χ4n) is 2.75. The van der Waals surface area contributed by atoms with Crippen LogP contribution in [0.5, 0.6) is 5.75 Å². The largest absolute Gasteiger partial charge is 0.497 e. The number of ether oxygens (including phenoxy) is 1. The van der Waals surface area contributed by atoms with Gasteiger partial charge in [0, 0.05) is 24.1 Å². The molecule has 0 aliphatic rings. The second-order valence-corrected chi connectivity index (χ2v) is 8.42. The van der Waals surface area contributed by atoms with E-state index in [1.54, 1.807) is 30.5 Å². The van der Waals surface area contributed by atoms with Crippen molar-refractivity contribution in [2.75, 3.05) is 18.7 Å². The van der Waals surface area contributed by atoms with Crippen molar-refractivity contribution in [1.82, 2.24) is 15.0 Å². The minimum atomic E-state index is -3.34. The van der Waals surface area contributed by atoms with Crippen molar-refractivity contribution in [3.05, 3.63) is 61.0 Å². The zero-order valence-electron chi connectivity index (χ0n) is 16.4. The number of carbonyl (C=O) groups excluding carboxylic acids is 1. The summed E-state index contributed by atoms with van der Waals surface area (Å²) in [5.41, 5.74) is 1.68. The third kappa shape index (κ3) is 4.31. The van der Waals surface area contributed by atoms with Gasteiger partial charge in [-0.2, -0.15) is 4.98 Å². The van der Waals surface area contributed by atoms with Crippen LogP contribution in [-0.2, 0) is 9.84 Å². The van der Waals surface area contributed by atoms with Crippen molar-refractivity contribution >= 4 is 21.8 Å². The highest BCUT2D eigenvalue weighted by Gasteiger charge is 2.21. The Hall–Kier alpha value is -3.99. The molecule has 0 aliphatic carbocycles. The second-order valence-electron chi connectivity index (χ2n) is 6.40. The molecule has 4 aromatic rings. The molecule has 0 saturated carbocycles. The Balaban J connectivity index is 1.54. The molecule has 11 heteroatoms.